The van der Waals surface area contributed by atoms with E-state index in [0.717, 1.165) is 5.56 Å². The molecule has 2 unspecified atom stereocenters. The number of ether oxygens (including phenoxy) is 1. The third-order valence-corrected chi connectivity index (χ3v) is 8.39. The van der Waals surface area contributed by atoms with Crippen molar-refractivity contribution in [1.82, 2.24) is 10.0 Å². The van der Waals surface area contributed by atoms with Crippen LogP contribution in [0.3, 0.4) is 0 Å². The third-order valence-electron chi connectivity index (χ3n) is 5.09. The Morgan fingerprint density at radius 2 is 1.75 bits per heavy atom. The van der Waals surface area contributed by atoms with Gasteiger partial charge in [-0.25, -0.2) is 21.6 Å². The molecule has 0 radical (unpaired) electrons. The van der Waals surface area contributed by atoms with Gasteiger partial charge in [0.2, 0.25) is 10.0 Å². The lowest BCUT2D eigenvalue weighted by Gasteiger charge is -2.18. The molecule has 11 heteroatoms. The fraction of sp³-hybridized carbons (Fsp3) is 0.333. The zero-order valence-corrected chi connectivity index (χ0v) is 19.0. The van der Waals surface area contributed by atoms with E-state index in [2.05, 4.69) is 10.0 Å². The van der Waals surface area contributed by atoms with Gasteiger partial charge in [0.25, 0.3) is 5.91 Å². The average Bonchev–Trinajstić information content (AvgIpc) is 3.11. The summed E-state index contributed by atoms with van der Waals surface area (Å²) in [5.41, 5.74) is 0.930. The van der Waals surface area contributed by atoms with Crippen LogP contribution in [0.2, 0.25) is 0 Å². The molecule has 0 aromatic heterocycles. The summed E-state index contributed by atoms with van der Waals surface area (Å²) < 4.78 is 55.3. The summed E-state index contributed by atoms with van der Waals surface area (Å²) in [6, 6.07) is 12.9. The van der Waals surface area contributed by atoms with Gasteiger partial charge in [0, 0.05) is 11.6 Å². The van der Waals surface area contributed by atoms with Gasteiger partial charge in [-0.2, -0.15) is 0 Å². The van der Waals surface area contributed by atoms with E-state index in [1.165, 1.54) is 31.4 Å². The number of benzene rings is 2. The van der Waals surface area contributed by atoms with Crippen LogP contribution in [0.5, 0.6) is 0 Å². The number of amides is 1. The number of hydrogen-bond acceptors (Lipinski definition) is 7. The van der Waals surface area contributed by atoms with Gasteiger partial charge in [-0.1, -0.05) is 30.3 Å². The highest BCUT2D eigenvalue weighted by Crippen LogP contribution is 2.20. The molecule has 0 aliphatic carbocycles. The van der Waals surface area contributed by atoms with E-state index < -0.39 is 43.8 Å². The second kappa shape index (κ2) is 9.80. The van der Waals surface area contributed by atoms with Crippen LogP contribution < -0.4 is 10.0 Å². The first-order valence-corrected chi connectivity index (χ1v) is 13.2. The second-order valence-corrected chi connectivity index (χ2v) is 11.4. The highest BCUT2D eigenvalue weighted by atomic mass is 32.2. The molecular formula is C21H24N2O7S2. The van der Waals surface area contributed by atoms with Gasteiger partial charge in [0.05, 0.1) is 36.0 Å². The summed E-state index contributed by atoms with van der Waals surface area (Å²) in [4.78, 5) is 24.4. The minimum absolute atomic E-state index is 0.0482. The van der Waals surface area contributed by atoms with E-state index in [4.69, 9.17) is 4.74 Å². The van der Waals surface area contributed by atoms with Crippen LogP contribution in [0.25, 0.3) is 0 Å². The number of carbonyl (C=O) groups excluding carboxylic acids is 2. The fourth-order valence-electron chi connectivity index (χ4n) is 3.39. The van der Waals surface area contributed by atoms with Gasteiger partial charge in [-0.15, -0.1) is 0 Å². The summed E-state index contributed by atoms with van der Waals surface area (Å²) in [5.74, 6) is -1.25. The average molecular weight is 481 g/mol. The van der Waals surface area contributed by atoms with Crippen molar-refractivity contribution in [1.29, 1.82) is 0 Å². The summed E-state index contributed by atoms with van der Waals surface area (Å²) >= 11 is 0. The van der Waals surface area contributed by atoms with E-state index >= 15 is 0 Å². The smallest absolute Gasteiger partial charge is 0.307 e. The van der Waals surface area contributed by atoms with E-state index in [0.29, 0.717) is 0 Å². The zero-order valence-electron chi connectivity index (χ0n) is 17.4. The summed E-state index contributed by atoms with van der Waals surface area (Å²) in [6.07, 6.45) is 0.163. The Morgan fingerprint density at radius 1 is 1.09 bits per heavy atom. The lowest BCUT2D eigenvalue weighted by molar-refractivity contribution is -0.141. The van der Waals surface area contributed by atoms with Crippen molar-refractivity contribution in [2.24, 2.45) is 0 Å². The van der Waals surface area contributed by atoms with Gasteiger partial charge >= 0.3 is 5.97 Å². The maximum Gasteiger partial charge on any atom is 0.307 e. The zero-order chi connectivity index (χ0) is 23.4. The third kappa shape index (κ3) is 6.15. The molecule has 0 spiro atoms. The number of rotatable bonds is 8. The van der Waals surface area contributed by atoms with Crippen molar-refractivity contribution in [3.05, 3.63) is 65.7 Å². The van der Waals surface area contributed by atoms with Crippen LogP contribution in [0, 0.1) is 0 Å². The molecule has 2 aromatic carbocycles. The standard InChI is InChI=1S/C21H24N2O7S2/c1-30-20(24)13-19(15-5-3-2-4-6-15)22-21(25)16-7-9-18(10-8-16)32(28,29)23-17-11-12-31(26,27)14-17/h2-10,17,19,23H,11-14H2,1H3,(H,22,25). The molecule has 2 atom stereocenters. The minimum Gasteiger partial charge on any atom is -0.469 e. The van der Waals surface area contributed by atoms with Crippen molar-refractivity contribution < 1.29 is 31.2 Å². The molecule has 1 heterocycles. The minimum atomic E-state index is -3.93. The van der Waals surface area contributed by atoms with E-state index in [1.54, 1.807) is 24.3 Å². The first-order valence-electron chi connectivity index (χ1n) is 9.85. The Balaban J connectivity index is 1.71. The van der Waals surface area contributed by atoms with Crippen LogP contribution >= 0.6 is 0 Å². The number of sulfonamides is 1. The molecule has 32 heavy (non-hydrogen) atoms. The van der Waals surface area contributed by atoms with Crippen LogP contribution in [0.15, 0.2) is 59.5 Å². The first-order chi connectivity index (χ1) is 15.1. The van der Waals surface area contributed by atoms with E-state index in [9.17, 15) is 26.4 Å². The van der Waals surface area contributed by atoms with Crippen LogP contribution in [0.4, 0.5) is 0 Å². The Hall–Kier alpha value is -2.76. The lowest BCUT2D eigenvalue weighted by atomic mass is 10.0. The number of esters is 1. The van der Waals surface area contributed by atoms with Gasteiger partial charge in [0.1, 0.15) is 0 Å². The Kier molecular flexibility index (Phi) is 7.32. The van der Waals surface area contributed by atoms with Crippen molar-refractivity contribution >= 4 is 31.7 Å². The molecule has 0 bridgehead atoms. The predicted molar refractivity (Wildman–Crippen MR) is 117 cm³/mol. The van der Waals surface area contributed by atoms with Gasteiger partial charge in [-0.05, 0) is 36.2 Å². The normalized spacial score (nSPS) is 18.6. The van der Waals surface area contributed by atoms with Crippen molar-refractivity contribution in [3.63, 3.8) is 0 Å². The topological polar surface area (TPSA) is 136 Å². The number of nitrogens with one attached hydrogen (secondary N) is 2. The van der Waals surface area contributed by atoms with Gasteiger partial charge < -0.3 is 10.1 Å². The number of carbonyl (C=O) groups is 2. The molecule has 2 N–H and O–H groups in total. The van der Waals surface area contributed by atoms with Crippen molar-refractivity contribution in [3.8, 4) is 0 Å². The molecule has 1 aliphatic rings. The summed E-state index contributed by atoms with van der Waals surface area (Å²) in [5, 5.41) is 2.77. The number of methoxy groups -OCH3 is 1. The van der Waals surface area contributed by atoms with Crippen molar-refractivity contribution in [2.75, 3.05) is 18.6 Å². The van der Waals surface area contributed by atoms with E-state index in [-0.39, 0.29) is 34.8 Å². The van der Waals surface area contributed by atoms with Gasteiger partial charge in [-0.3, -0.25) is 9.59 Å². The fourth-order valence-corrected chi connectivity index (χ4v) is 6.44. The second-order valence-electron chi connectivity index (χ2n) is 7.46. The maximum atomic E-state index is 12.7. The Labute approximate surface area is 187 Å². The lowest BCUT2D eigenvalue weighted by Crippen LogP contribution is -2.35. The molecule has 9 nitrogen and oxygen atoms in total. The molecule has 1 saturated heterocycles. The van der Waals surface area contributed by atoms with Crippen LogP contribution in [-0.4, -0.2) is 53.4 Å². The SMILES string of the molecule is COC(=O)CC(NC(=O)c1ccc(S(=O)(=O)NC2CCS(=O)(=O)C2)cc1)c1ccccc1. The van der Waals surface area contributed by atoms with Crippen molar-refractivity contribution in [2.45, 2.75) is 29.8 Å². The quantitative estimate of drug-likeness (QED) is 0.542. The summed E-state index contributed by atoms with van der Waals surface area (Å²) in [7, 11) is -5.89. The van der Waals surface area contributed by atoms with Crippen LogP contribution in [0.1, 0.15) is 34.8 Å². The van der Waals surface area contributed by atoms with Gasteiger partial charge in [0.15, 0.2) is 9.84 Å². The monoisotopic (exact) mass is 480 g/mol. The molecular weight excluding hydrogens is 456 g/mol. The molecule has 172 valence electrons. The Bertz CT molecular complexity index is 1180. The molecule has 1 amide bonds. The van der Waals surface area contributed by atoms with Crippen LogP contribution in [-0.2, 0) is 29.4 Å². The molecule has 0 saturated carbocycles. The molecule has 1 fully saturated rings. The highest BCUT2D eigenvalue weighted by Gasteiger charge is 2.31. The highest BCUT2D eigenvalue weighted by molar-refractivity contribution is 7.92. The van der Waals surface area contributed by atoms with E-state index in [1.807, 2.05) is 6.07 Å². The number of sulfone groups is 1. The molecule has 2 aromatic rings. The summed E-state index contributed by atoms with van der Waals surface area (Å²) in [6.45, 7) is 0. The molecule has 1 aliphatic heterocycles. The number of hydrogen-bond donors (Lipinski definition) is 2. The predicted octanol–water partition coefficient (Wildman–Crippen LogP) is 1.19. The first kappa shape index (κ1) is 23.9. The maximum absolute atomic E-state index is 12.7. The molecule has 3 rings (SSSR count). The Morgan fingerprint density at radius 3 is 2.31 bits per heavy atom. The largest absolute Gasteiger partial charge is 0.469 e.